The van der Waals surface area contributed by atoms with Crippen LogP contribution in [0, 0.1) is 6.92 Å². The number of anilines is 1. The normalized spacial score (nSPS) is 10.7. The van der Waals surface area contributed by atoms with Gasteiger partial charge in [0.15, 0.2) is 6.61 Å². The minimum Gasteiger partial charge on any atom is -0.496 e. The van der Waals surface area contributed by atoms with Gasteiger partial charge in [0.25, 0.3) is 11.8 Å². The Balaban J connectivity index is 1.36. The lowest BCUT2D eigenvalue weighted by atomic mass is 10.2. The van der Waals surface area contributed by atoms with Gasteiger partial charge in [0.05, 0.1) is 23.7 Å². The summed E-state index contributed by atoms with van der Waals surface area (Å²) in [4.78, 5) is 29.6. The molecule has 180 valence electrons. The Morgan fingerprint density at radius 3 is 2.51 bits per heavy atom. The zero-order valence-corrected chi connectivity index (χ0v) is 20.0. The number of rotatable bonds is 9. The fraction of sp³-hybridized carbons (Fsp3) is 0.222. The van der Waals surface area contributed by atoms with Crippen LogP contribution in [0.5, 0.6) is 11.5 Å². The molecule has 8 heteroatoms. The number of amides is 2. The van der Waals surface area contributed by atoms with Crippen molar-refractivity contribution in [3.8, 4) is 11.5 Å². The maximum atomic E-state index is 12.5. The van der Waals surface area contributed by atoms with Crippen molar-refractivity contribution < 1.29 is 19.1 Å². The Bertz CT molecular complexity index is 1360. The van der Waals surface area contributed by atoms with Gasteiger partial charge < -0.3 is 24.7 Å². The molecule has 0 saturated heterocycles. The molecule has 0 fully saturated rings. The van der Waals surface area contributed by atoms with Crippen molar-refractivity contribution in [2.75, 3.05) is 25.6 Å². The minimum absolute atomic E-state index is 0.0811. The van der Waals surface area contributed by atoms with Gasteiger partial charge >= 0.3 is 0 Å². The monoisotopic (exact) mass is 472 g/mol. The molecule has 1 aromatic heterocycles. The molecular weight excluding hydrogens is 444 g/mol. The number of aryl methyl sites for hydroxylation is 2. The second-order valence-electron chi connectivity index (χ2n) is 8.10. The minimum atomic E-state index is -0.247. The zero-order chi connectivity index (χ0) is 24.8. The summed E-state index contributed by atoms with van der Waals surface area (Å²) >= 11 is 0. The Kier molecular flexibility index (Phi) is 7.30. The van der Waals surface area contributed by atoms with Crippen molar-refractivity contribution in [2.24, 2.45) is 7.05 Å². The predicted octanol–water partition coefficient (Wildman–Crippen LogP) is 3.88. The van der Waals surface area contributed by atoms with Crippen LogP contribution in [0.25, 0.3) is 11.0 Å². The van der Waals surface area contributed by atoms with Crippen LogP contribution in [-0.2, 0) is 18.3 Å². The second kappa shape index (κ2) is 10.7. The van der Waals surface area contributed by atoms with Gasteiger partial charge in [-0.05, 0) is 48.9 Å². The molecule has 1 heterocycles. The van der Waals surface area contributed by atoms with E-state index in [-0.39, 0.29) is 18.4 Å². The molecule has 0 unspecified atom stereocenters. The number of para-hydroxylation sites is 2. The summed E-state index contributed by atoms with van der Waals surface area (Å²) < 4.78 is 12.9. The fourth-order valence-electron chi connectivity index (χ4n) is 3.83. The summed E-state index contributed by atoms with van der Waals surface area (Å²) in [6.45, 7) is 2.28. The predicted molar refractivity (Wildman–Crippen MR) is 135 cm³/mol. The molecule has 0 atom stereocenters. The molecule has 0 spiro atoms. The molecule has 0 aliphatic rings. The Morgan fingerprint density at radius 1 is 1.00 bits per heavy atom. The maximum absolute atomic E-state index is 12.5. The lowest BCUT2D eigenvalue weighted by Crippen LogP contribution is -2.26. The molecule has 4 rings (SSSR count). The molecule has 35 heavy (non-hydrogen) atoms. The lowest BCUT2D eigenvalue weighted by molar-refractivity contribution is -0.118. The first-order valence-electron chi connectivity index (χ1n) is 11.3. The summed E-state index contributed by atoms with van der Waals surface area (Å²) in [5, 5.41) is 5.78. The van der Waals surface area contributed by atoms with E-state index < -0.39 is 0 Å². The van der Waals surface area contributed by atoms with Crippen LogP contribution >= 0.6 is 0 Å². The van der Waals surface area contributed by atoms with Gasteiger partial charge in [0.2, 0.25) is 0 Å². The topological polar surface area (TPSA) is 94.5 Å². The van der Waals surface area contributed by atoms with E-state index in [0.29, 0.717) is 35.7 Å². The number of imidazole rings is 1. The third-order valence-corrected chi connectivity index (χ3v) is 5.70. The number of methoxy groups -OCH3 is 1. The third-order valence-electron chi connectivity index (χ3n) is 5.70. The smallest absolute Gasteiger partial charge is 0.262 e. The molecule has 8 nitrogen and oxygen atoms in total. The molecule has 2 amide bonds. The molecule has 0 saturated carbocycles. The number of nitrogens with zero attached hydrogens (tertiary/aromatic N) is 2. The van der Waals surface area contributed by atoms with E-state index in [9.17, 15) is 9.59 Å². The van der Waals surface area contributed by atoms with Crippen molar-refractivity contribution >= 4 is 28.5 Å². The van der Waals surface area contributed by atoms with Crippen LogP contribution in [0.3, 0.4) is 0 Å². The summed E-state index contributed by atoms with van der Waals surface area (Å²) in [6, 6.07) is 20.3. The SMILES string of the molecule is COc1ccccc1C(=O)NCCc1nc2cc(NC(=O)COc3ccccc3C)ccc2n1C. The largest absolute Gasteiger partial charge is 0.496 e. The first-order valence-corrected chi connectivity index (χ1v) is 11.3. The number of carbonyl (C=O) groups is 2. The van der Waals surface area contributed by atoms with E-state index >= 15 is 0 Å². The molecule has 3 aromatic carbocycles. The highest BCUT2D eigenvalue weighted by atomic mass is 16.5. The molecule has 0 bridgehead atoms. The Hall–Kier alpha value is -4.33. The molecule has 0 aliphatic carbocycles. The first kappa shape index (κ1) is 23.8. The van der Waals surface area contributed by atoms with Crippen LogP contribution in [0.1, 0.15) is 21.7 Å². The number of benzene rings is 3. The third kappa shape index (κ3) is 5.60. The summed E-state index contributed by atoms with van der Waals surface area (Å²) in [7, 11) is 3.47. The van der Waals surface area contributed by atoms with Gasteiger partial charge in [-0.2, -0.15) is 0 Å². The number of hydrogen-bond donors (Lipinski definition) is 2. The van der Waals surface area contributed by atoms with Crippen molar-refractivity contribution in [2.45, 2.75) is 13.3 Å². The van der Waals surface area contributed by atoms with Gasteiger partial charge in [-0.3, -0.25) is 9.59 Å². The zero-order valence-electron chi connectivity index (χ0n) is 20.0. The van der Waals surface area contributed by atoms with Crippen molar-refractivity contribution in [1.29, 1.82) is 0 Å². The molecule has 4 aromatic rings. The number of ether oxygens (including phenoxy) is 2. The van der Waals surface area contributed by atoms with Gasteiger partial charge in [-0.1, -0.05) is 30.3 Å². The molecular formula is C27H28N4O4. The highest BCUT2D eigenvalue weighted by molar-refractivity contribution is 5.97. The van der Waals surface area contributed by atoms with E-state index in [1.807, 2.05) is 67.1 Å². The molecule has 0 radical (unpaired) electrons. The standard InChI is InChI=1S/C27H28N4O4/c1-18-8-4-6-10-23(18)35-17-26(32)29-19-12-13-22-21(16-19)30-25(31(22)2)14-15-28-27(33)20-9-5-7-11-24(20)34-3/h4-13,16H,14-15,17H2,1-3H3,(H,28,33)(H,29,32). The number of carbonyl (C=O) groups excluding carboxylic acids is 2. The van der Waals surface area contributed by atoms with E-state index in [1.54, 1.807) is 25.3 Å². The maximum Gasteiger partial charge on any atom is 0.262 e. The highest BCUT2D eigenvalue weighted by Crippen LogP contribution is 2.21. The summed E-state index contributed by atoms with van der Waals surface area (Å²) in [6.07, 6.45) is 0.554. The van der Waals surface area contributed by atoms with Crippen LogP contribution in [-0.4, -0.2) is 41.6 Å². The van der Waals surface area contributed by atoms with E-state index in [1.165, 1.54) is 0 Å². The van der Waals surface area contributed by atoms with Crippen LogP contribution in [0.4, 0.5) is 5.69 Å². The number of aromatic nitrogens is 2. The lowest BCUT2D eigenvalue weighted by Gasteiger charge is -2.09. The van der Waals surface area contributed by atoms with Crippen LogP contribution in [0.15, 0.2) is 66.7 Å². The van der Waals surface area contributed by atoms with E-state index in [0.717, 1.165) is 22.4 Å². The quantitative estimate of drug-likeness (QED) is 0.386. The number of fused-ring (bicyclic) bond motifs is 1. The number of nitrogens with one attached hydrogen (secondary N) is 2. The van der Waals surface area contributed by atoms with Crippen LogP contribution < -0.4 is 20.1 Å². The van der Waals surface area contributed by atoms with E-state index in [2.05, 4.69) is 10.6 Å². The first-order chi connectivity index (χ1) is 17.0. The van der Waals surface area contributed by atoms with Crippen molar-refractivity contribution in [3.63, 3.8) is 0 Å². The van der Waals surface area contributed by atoms with Crippen molar-refractivity contribution in [3.05, 3.63) is 83.7 Å². The van der Waals surface area contributed by atoms with Gasteiger partial charge in [0, 0.05) is 25.7 Å². The average Bonchev–Trinajstić information content (AvgIpc) is 3.18. The molecule has 0 aliphatic heterocycles. The van der Waals surface area contributed by atoms with Crippen LogP contribution in [0.2, 0.25) is 0 Å². The van der Waals surface area contributed by atoms with E-state index in [4.69, 9.17) is 14.5 Å². The average molecular weight is 473 g/mol. The summed E-state index contributed by atoms with van der Waals surface area (Å²) in [5.41, 5.74) is 3.81. The number of hydrogen-bond acceptors (Lipinski definition) is 5. The van der Waals surface area contributed by atoms with Gasteiger partial charge in [-0.25, -0.2) is 4.98 Å². The van der Waals surface area contributed by atoms with Gasteiger partial charge in [-0.15, -0.1) is 0 Å². The van der Waals surface area contributed by atoms with Gasteiger partial charge in [0.1, 0.15) is 17.3 Å². The highest BCUT2D eigenvalue weighted by Gasteiger charge is 2.13. The Morgan fingerprint density at radius 2 is 1.74 bits per heavy atom. The second-order valence-corrected chi connectivity index (χ2v) is 8.10. The molecule has 2 N–H and O–H groups in total. The fourth-order valence-corrected chi connectivity index (χ4v) is 3.83. The Labute approximate surface area is 203 Å². The van der Waals surface area contributed by atoms with Crippen molar-refractivity contribution in [1.82, 2.24) is 14.9 Å². The summed E-state index contributed by atoms with van der Waals surface area (Å²) in [5.74, 6) is 1.60.